The zero-order valence-electron chi connectivity index (χ0n) is 10.6. The summed E-state index contributed by atoms with van der Waals surface area (Å²) in [6, 6.07) is 9.92. The van der Waals surface area contributed by atoms with Crippen molar-refractivity contribution in [2.75, 3.05) is 6.54 Å². The smallest absolute Gasteiger partial charge is 0.135 e. The van der Waals surface area contributed by atoms with Gasteiger partial charge < -0.3 is 14.8 Å². The first kappa shape index (κ1) is 11.8. The molecule has 96 valence electrons. The standard InChI is InChI=1S/C15H19NO2/c1-10-6-7-16-12(8-10)15(17)14-9-11-4-2-3-5-13(11)18-14/h2-5,9-10,12,15-17H,6-8H2,1H3. The minimum Gasteiger partial charge on any atom is -0.458 e. The molecule has 2 N–H and O–H groups in total. The van der Waals surface area contributed by atoms with Gasteiger partial charge in [-0.25, -0.2) is 0 Å². The summed E-state index contributed by atoms with van der Waals surface area (Å²) in [6.45, 7) is 3.21. The van der Waals surface area contributed by atoms with E-state index >= 15 is 0 Å². The maximum Gasteiger partial charge on any atom is 0.135 e. The van der Waals surface area contributed by atoms with Gasteiger partial charge in [0.05, 0.1) is 0 Å². The van der Waals surface area contributed by atoms with Crippen molar-refractivity contribution in [1.82, 2.24) is 5.32 Å². The summed E-state index contributed by atoms with van der Waals surface area (Å²) < 4.78 is 5.73. The van der Waals surface area contributed by atoms with Gasteiger partial charge in [0, 0.05) is 11.4 Å². The molecule has 3 heteroatoms. The van der Waals surface area contributed by atoms with Gasteiger partial charge in [0.15, 0.2) is 0 Å². The van der Waals surface area contributed by atoms with Gasteiger partial charge in [0.25, 0.3) is 0 Å². The van der Waals surface area contributed by atoms with Crippen LogP contribution in [0.15, 0.2) is 34.7 Å². The Morgan fingerprint density at radius 2 is 2.22 bits per heavy atom. The molecule has 0 radical (unpaired) electrons. The van der Waals surface area contributed by atoms with Gasteiger partial charge in [-0.15, -0.1) is 0 Å². The fourth-order valence-corrected chi connectivity index (χ4v) is 2.74. The molecule has 1 aliphatic rings. The minimum absolute atomic E-state index is 0.106. The molecule has 0 spiro atoms. The van der Waals surface area contributed by atoms with E-state index in [1.807, 2.05) is 30.3 Å². The molecule has 3 unspecified atom stereocenters. The number of nitrogens with one attached hydrogen (secondary N) is 1. The Labute approximate surface area is 107 Å². The average molecular weight is 245 g/mol. The Kier molecular flexibility index (Phi) is 3.10. The third-order valence-electron chi connectivity index (χ3n) is 3.82. The van der Waals surface area contributed by atoms with Crippen LogP contribution in [0.25, 0.3) is 11.0 Å². The van der Waals surface area contributed by atoms with Gasteiger partial charge in [0.1, 0.15) is 17.4 Å². The number of fused-ring (bicyclic) bond motifs is 1. The number of benzene rings is 1. The number of aliphatic hydroxyl groups excluding tert-OH is 1. The SMILES string of the molecule is CC1CCNC(C(O)c2cc3ccccc3o2)C1. The fourth-order valence-electron chi connectivity index (χ4n) is 2.74. The van der Waals surface area contributed by atoms with E-state index in [0.717, 1.165) is 23.9 Å². The molecule has 3 rings (SSSR count). The van der Waals surface area contributed by atoms with Crippen LogP contribution in [-0.4, -0.2) is 17.7 Å². The van der Waals surface area contributed by atoms with Crippen LogP contribution in [-0.2, 0) is 0 Å². The van der Waals surface area contributed by atoms with E-state index in [1.165, 1.54) is 6.42 Å². The number of aliphatic hydroxyl groups is 1. The van der Waals surface area contributed by atoms with Gasteiger partial charge in [-0.05, 0) is 37.4 Å². The lowest BCUT2D eigenvalue weighted by molar-refractivity contribution is 0.0835. The quantitative estimate of drug-likeness (QED) is 0.855. The molecule has 1 saturated heterocycles. The first-order valence-electron chi connectivity index (χ1n) is 6.64. The van der Waals surface area contributed by atoms with Gasteiger partial charge in [-0.2, -0.15) is 0 Å². The highest BCUT2D eigenvalue weighted by molar-refractivity contribution is 5.77. The van der Waals surface area contributed by atoms with Crippen LogP contribution in [0.2, 0.25) is 0 Å². The minimum atomic E-state index is -0.555. The van der Waals surface area contributed by atoms with Crippen molar-refractivity contribution >= 4 is 11.0 Å². The lowest BCUT2D eigenvalue weighted by atomic mass is 9.90. The first-order chi connectivity index (χ1) is 8.74. The third kappa shape index (κ3) is 2.16. The monoisotopic (exact) mass is 245 g/mol. The van der Waals surface area contributed by atoms with Gasteiger partial charge in [0.2, 0.25) is 0 Å². The molecule has 1 fully saturated rings. The van der Waals surface area contributed by atoms with E-state index in [0.29, 0.717) is 11.7 Å². The Morgan fingerprint density at radius 3 is 3.00 bits per heavy atom. The van der Waals surface area contributed by atoms with Crippen molar-refractivity contribution in [2.24, 2.45) is 5.92 Å². The van der Waals surface area contributed by atoms with E-state index in [4.69, 9.17) is 4.42 Å². The Bertz CT molecular complexity index is 501. The van der Waals surface area contributed by atoms with Crippen molar-refractivity contribution in [2.45, 2.75) is 31.9 Å². The molecule has 2 heterocycles. The molecular weight excluding hydrogens is 226 g/mol. The first-order valence-corrected chi connectivity index (χ1v) is 6.64. The highest BCUT2D eigenvalue weighted by atomic mass is 16.4. The average Bonchev–Trinajstić information content (AvgIpc) is 2.81. The molecule has 0 aliphatic carbocycles. The molecule has 2 aromatic rings. The number of para-hydroxylation sites is 1. The third-order valence-corrected chi connectivity index (χ3v) is 3.82. The van der Waals surface area contributed by atoms with Crippen molar-refractivity contribution < 1.29 is 9.52 Å². The Hall–Kier alpha value is -1.32. The van der Waals surface area contributed by atoms with Crippen molar-refractivity contribution in [3.63, 3.8) is 0 Å². The van der Waals surface area contributed by atoms with Crippen LogP contribution in [0.4, 0.5) is 0 Å². The van der Waals surface area contributed by atoms with Crippen LogP contribution in [0.3, 0.4) is 0 Å². The summed E-state index contributed by atoms with van der Waals surface area (Å²) in [4.78, 5) is 0. The number of piperidine rings is 1. The topological polar surface area (TPSA) is 45.4 Å². The fraction of sp³-hybridized carbons (Fsp3) is 0.467. The number of furan rings is 1. The summed E-state index contributed by atoms with van der Waals surface area (Å²) in [5, 5.41) is 14.8. The predicted octanol–water partition coefficient (Wildman–Crippen LogP) is 2.85. The largest absolute Gasteiger partial charge is 0.458 e. The highest BCUT2D eigenvalue weighted by Gasteiger charge is 2.28. The molecule has 3 nitrogen and oxygen atoms in total. The summed E-state index contributed by atoms with van der Waals surface area (Å²) in [5.41, 5.74) is 0.843. The van der Waals surface area contributed by atoms with Crippen LogP contribution in [0.5, 0.6) is 0 Å². The second-order valence-electron chi connectivity index (χ2n) is 5.32. The van der Waals surface area contributed by atoms with E-state index in [2.05, 4.69) is 12.2 Å². The Balaban J connectivity index is 1.84. The van der Waals surface area contributed by atoms with E-state index in [1.54, 1.807) is 0 Å². The van der Waals surface area contributed by atoms with Gasteiger partial charge in [-0.3, -0.25) is 0 Å². The summed E-state index contributed by atoms with van der Waals surface area (Å²) in [6.07, 6.45) is 1.63. The second kappa shape index (κ2) is 4.75. The number of hydrogen-bond donors (Lipinski definition) is 2. The zero-order valence-corrected chi connectivity index (χ0v) is 10.6. The van der Waals surface area contributed by atoms with Crippen molar-refractivity contribution in [3.05, 3.63) is 36.1 Å². The maximum absolute atomic E-state index is 10.4. The van der Waals surface area contributed by atoms with E-state index in [-0.39, 0.29) is 6.04 Å². The number of hydrogen-bond acceptors (Lipinski definition) is 3. The second-order valence-corrected chi connectivity index (χ2v) is 5.32. The van der Waals surface area contributed by atoms with Crippen LogP contribution in [0.1, 0.15) is 31.6 Å². The molecule has 0 amide bonds. The lowest BCUT2D eigenvalue weighted by Crippen LogP contribution is -2.41. The highest BCUT2D eigenvalue weighted by Crippen LogP contribution is 2.29. The number of rotatable bonds is 2. The molecule has 1 aromatic heterocycles. The molecule has 1 aliphatic heterocycles. The van der Waals surface area contributed by atoms with Crippen molar-refractivity contribution in [1.29, 1.82) is 0 Å². The molecule has 3 atom stereocenters. The molecule has 18 heavy (non-hydrogen) atoms. The normalized spacial score (nSPS) is 26.3. The van der Waals surface area contributed by atoms with Crippen LogP contribution >= 0.6 is 0 Å². The molecule has 1 aromatic carbocycles. The van der Waals surface area contributed by atoms with E-state index < -0.39 is 6.10 Å². The van der Waals surface area contributed by atoms with E-state index in [9.17, 15) is 5.11 Å². The Morgan fingerprint density at radius 1 is 1.39 bits per heavy atom. The molecular formula is C15H19NO2. The van der Waals surface area contributed by atoms with Gasteiger partial charge in [-0.1, -0.05) is 25.1 Å². The van der Waals surface area contributed by atoms with Crippen molar-refractivity contribution in [3.8, 4) is 0 Å². The van der Waals surface area contributed by atoms with Gasteiger partial charge >= 0.3 is 0 Å². The van der Waals surface area contributed by atoms with Crippen LogP contribution < -0.4 is 5.32 Å². The molecule has 0 saturated carbocycles. The summed E-state index contributed by atoms with van der Waals surface area (Å²) in [7, 11) is 0. The predicted molar refractivity (Wildman–Crippen MR) is 71.4 cm³/mol. The lowest BCUT2D eigenvalue weighted by Gasteiger charge is -2.30. The summed E-state index contributed by atoms with van der Waals surface area (Å²) >= 11 is 0. The van der Waals surface area contributed by atoms with Crippen LogP contribution in [0, 0.1) is 5.92 Å². The summed E-state index contributed by atoms with van der Waals surface area (Å²) in [5.74, 6) is 1.33. The maximum atomic E-state index is 10.4. The zero-order chi connectivity index (χ0) is 12.5. The molecule has 0 bridgehead atoms.